The molecule has 0 saturated carbocycles. The summed E-state index contributed by atoms with van der Waals surface area (Å²) in [5, 5.41) is 18.2. The third-order valence-electron chi connectivity index (χ3n) is 6.72. The Morgan fingerprint density at radius 1 is 0.895 bits per heavy atom. The minimum atomic E-state index is -4.79. The second-order valence-electron chi connectivity index (χ2n) is 9.11. The molecule has 38 heavy (non-hydrogen) atoms. The summed E-state index contributed by atoms with van der Waals surface area (Å²) in [6, 6.07) is 17.8. The molecule has 7 nitrogen and oxygen atoms in total. The van der Waals surface area contributed by atoms with Gasteiger partial charge in [0.15, 0.2) is 0 Å². The number of rotatable bonds is 7. The first-order chi connectivity index (χ1) is 18.0. The van der Waals surface area contributed by atoms with Crippen LogP contribution in [0.1, 0.15) is 17.5 Å². The average Bonchev–Trinajstić information content (AvgIpc) is 3.48. The van der Waals surface area contributed by atoms with E-state index < -0.39 is 40.2 Å². The van der Waals surface area contributed by atoms with Crippen molar-refractivity contribution < 1.29 is 41.3 Å². The van der Waals surface area contributed by atoms with Crippen LogP contribution in [0.5, 0.6) is 17.2 Å². The number of hydrogen-bond acceptors (Lipinski definition) is 6. The standard InChI is InChI=1S/C27H24F3NO6S/c1-36-21-12-6-18(7-13-21)31(15-27(28,29)30)38(34,35)23-14-22-24(16-2-8-19(32)9-3-16)25(26(23)37-22)17-4-10-20(33)11-5-17/h2-13,22-23,26,32-33H,14-15H2,1H3. The minimum Gasteiger partial charge on any atom is -0.508 e. The number of fused-ring (bicyclic) bond motifs is 2. The summed E-state index contributed by atoms with van der Waals surface area (Å²) < 4.78 is 80.2. The number of aromatic hydroxyl groups is 2. The smallest absolute Gasteiger partial charge is 0.407 e. The quantitative estimate of drug-likeness (QED) is 0.434. The van der Waals surface area contributed by atoms with E-state index in [9.17, 15) is 31.8 Å². The van der Waals surface area contributed by atoms with Gasteiger partial charge in [-0.2, -0.15) is 13.2 Å². The Bertz CT molecular complexity index is 1450. The van der Waals surface area contributed by atoms with Gasteiger partial charge >= 0.3 is 6.18 Å². The molecule has 11 heteroatoms. The maximum Gasteiger partial charge on any atom is 0.407 e. The van der Waals surface area contributed by atoms with Crippen LogP contribution in [0, 0.1) is 0 Å². The Balaban J connectivity index is 1.60. The van der Waals surface area contributed by atoms with E-state index in [1.54, 1.807) is 24.3 Å². The molecule has 2 bridgehead atoms. The van der Waals surface area contributed by atoms with Gasteiger partial charge in [-0.1, -0.05) is 24.3 Å². The van der Waals surface area contributed by atoms with Crippen LogP contribution in [0.4, 0.5) is 18.9 Å². The highest BCUT2D eigenvalue weighted by molar-refractivity contribution is 7.93. The monoisotopic (exact) mass is 547 g/mol. The normalized spacial score (nSPS) is 21.1. The van der Waals surface area contributed by atoms with Gasteiger partial charge in [0.25, 0.3) is 0 Å². The zero-order valence-corrected chi connectivity index (χ0v) is 20.9. The summed E-state index contributed by atoms with van der Waals surface area (Å²) in [4.78, 5) is 0. The van der Waals surface area contributed by atoms with Crippen molar-refractivity contribution in [3.63, 3.8) is 0 Å². The number of anilines is 1. The average molecular weight is 548 g/mol. The summed E-state index contributed by atoms with van der Waals surface area (Å²) in [5.41, 5.74) is 2.34. The van der Waals surface area contributed by atoms with Gasteiger partial charge < -0.3 is 19.7 Å². The highest BCUT2D eigenvalue weighted by Gasteiger charge is 2.55. The van der Waals surface area contributed by atoms with Crippen LogP contribution >= 0.6 is 0 Å². The van der Waals surface area contributed by atoms with Crippen LogP contribution in [0.3, 0.4) is 0 Å². The van der Waals surface area contributed by atoms with Crippen LogP contribution in [0.15, 0.2) is 72.8 Å². The van der Waals surface area contributed by atoms with Gasteiger partial charge in [0.2, 0.25) is 10.0 Å². The highest BCUT2D eigenvalue weighted by atomic mass is 32.2. The van der Waals surface area contributed by atoms with E-state index in [0.717, 1.165) is 0 Å². The van der Waals surface area contributed by atoms with E-state index in [1.165, 1.54) is 55.6 Å². The van der Waals surface area contributed by atoms with E-state index in [0.29, 0.717) is 32.3 Å². The van der Waals surface area contributed by atoms with Crippen LogP contribution in [-0.4, -0.2) is 55.9 Å². The van der Waals surface area contributed by atoms with Crippen LogP contribution in [-0.2, 0) is 14.8 Å². The molecule has 0 aliphatic carbocycles. The van der Waals surface area contributed by atoms with Gasteiger partial charge in [-0.3, -0.25) is 4.31 Å². The molecule has 2 N–H and O–H groups in total. The molecule has 2 aliphatic rings. The molecule has 1 fully saturated rings. The number of benzene rings is 3. The third kappa shape index (κ3) is 4.79. The molecule has 3 unspecified atom stereocenters. The fourth-order valence-corrected chi connectivity index (χ4v) is 7.04. The Kier molecular flexibility index (Phi) is 6.52. The lowest BCUT2D eigenvalue weighted by Gasteiger charge is -2.32. The van der Waals surface area contributed by atoms with Gasteiger partial charge in [0.05, 0.1) is 18.9 Å². The minimum absolute atomic E-state index is 0.00429. The lowest BCUT2D eigenvalue weighted by atomic mass is 9.83. The summed E-state index contributed by atoms with van der Waals surface area (Å²) in [5.74, 6) is 0.425. The highest BCUT2D eigenvalue weighted by Crippen LogP contribution is 2.51. The second kappa shape index (κ2) is 9.55. The number of phenolic OH excluding ortho intramolecular Hbond substituents is 2. The predicted molar refractivity (Wildman–Crippen MR) is 135 cm³/mol. The summed E-state index contributed by atoms with van der Waals surface area (Å²) in [6.07, 6.45) is -6.59. The maximum atomic E-state index is 13.9. The molecule has 0 amide bonds. The number of hydrogen-bond donors (Lipinski definition) is 2. The van der Waals surface area contributed by atoms with Gasteiger partial charge in [-0.05, 0) is 77.2 Å². The fourth-order valence-electron chi connectivity index (χ4n) is 5.05. The topological polar surface area (TPSA) is 96.3 Å². The van der Waals surface area contributed by atoms with Gasteiger partial charge in [-0.15, -0.1) is 0 Å². The predicted octanol–water partition coefficient (Wildman–Crippen LogP) is 4.96. The Morgan fingerprint density at radius 2 is 1.42 bits per heavy atom. The SMILES string of the molecule is COc1ccc(N(CC(F)(F)F)S(=O)(=O)C2CC3OC2C(c2ccc(O)cc2)=C3c2ccc(O)cc2)cc1. The number of methoxy groups -OCH3 is 1. The van der Waals surface area contributed by atoms with Gasteiger partial charge in [0, 0.05) is 0 Å². The fraction of sp³-hybridized carbons (Fsp3) is 0.259. The first-order valence-electron chi connectivity index (χ1n) is 11.7. The van der Waals surface area contributed by atoms with Crippen molar-refractivity contribution in [2.75, 3.05) is 18.0 Å². The largest absolute Gasteiger partial charge is 0.508 e. The van der Waals surface area contributed by atoms with E-state index in [2.05, 4.69) is 0 Å². The molecule has 0 spiro atoms. The van der Waals surface area contributed by atoms with Gasteiger partial charge in [0.1, 0.15) is 35.1 Å². The van der Waals surface area contributed by atoms with Crippen LogP contribution in [0.25, 0.3) is 11.1 Å². The molecule has 2 aliphatic heterocycles. The molecule has 5 rings (SSSR count). The lowest BCUT2D eigenvalue weighted by Crippen LogP contribution is -2.47. The number of alkyl halides is 3. The number of nitrogens with zero attached hydrogens (tertiary/aromatic N) is 1. The third-order valence-corrected chi connectivity index (χ3v) is 8.88. The molecule has 3 aromatic rings. The molecule has 2 heterocycles. The second-order valence-corrected chi connectivity index (χ2v) is 11.2. The maximum absolute atomic E-state index is 13.9. The molecule has 3 aromatic carbocycles. The van der Waals surface area contributed by atoms with Gasteiger partial charge in [-0.25, -0.2) is 8.42 Å². The van der Waals surface area contributed by atoms with Crippen molar-refractivity contribution in [2.45, 2.75) is 30.1 Å². The lowest BCUT2D eigenvalue weighted by molar-refractivity contribution is -0.117. The number of halogens is 3. The van der Waals surface area contributed by atoms with Crippen molar-refractivity contribution in [3.05, 3.63) is 83.9 Å². The van der Waals surface area contributed by atoms with Crippen molar-refractivity contribution in [3.8, 4) is 17.2 Å². The van der Waals surface area contributed by atoms with Crippen LogP contribution < -0.4 is 9.04 Å². The summed E-state index contributed by atoms with van der Waals surface area (Å²) in [7, 11) is -3.18. The molecule has 1 saturated heterocycles. The van der Waals surface area contributed by atoms with E-state index in [1.807, 2.05) is 0 Å². The summed E-state index contributed by atoms with van der Waals surface area (Å²) in [6.45, 7) is -1.70. The first kappa shape index (κ1) is 25.9. The van der Waals surface area contributed by atoms with E-state index in [4.69, 9.17) is 9.47 Å². The number of ether oxygens (including phenoxy) is 2. The first-order valence-corrected chi connectivity index (χ1v) is 13.2. The number of phenols is 2. The van der Waals surface area contributed by atoms with Crippen molar-refractivity contribution in [2.24, 2.45) is 0 Å². The zero-order valence-electron chi connectivity index (χ0n) is 20.1. The van der Waals surface area contributed by atoms with E-state index in [-0.39, 0.29) is 23.6 Å². The molecule has 0 radical (unpaired) electrons. The Morgan fingerprint density at radius 3 is 1.92 bits per heavy atom. The summed E-state index contributed by atoms with van der Waals surface area (Å²) >= 11 is 0. The molecular weight excluding hydrogens is 523 g/mol. The van der Waals surface area contributed by atoms with Crippen molar-refractivity contribution in [1.29, 1.82) is 0 Å². The molecule has 0 aromatic heterocycles. The molecule has 3 atom stereocenters. The Hall–Kier alpha value is -3.70. The zero-order chi connectivity index (χ0) is 27.2. The van der Waals surface area contributed by atoms with Crippen molar-refractivity contribution >= 4 is 26.9 Å². The van der Waals surface area contributed by atoms with Crippen LogP contribution in [0.2, 0.25) is 0 Å². The van der Waals surface area contributed by atoms with Crippen molar-refractivity contribution in [1.82, 2.24) is 0 Å². The molecular formula is C27H24F3NO6S. The molecule has 200 valence electrons. The number of sulfonamides is 1. The Labute approximate surface area is 217 Å². The van der Waals surface area contributed by atoms with E-state index >= 15 is 0 Å².